The Balaban J connectivity index is 0.773. The van der Waals surface area contributed by atoms with Crippen LogP contribution in [0.25, 0.3) is 0 Å². The first-order valence-electron chi connectivity index (χ1n) is 19.8. The predicted molar refractivity (Wildman–Crippen MR) is 217 cm³/mol. The summed E-state index contributed by atoms with van der Waals surface area (Å²) in [6, 6.07) is 22.6. The zero-order valence-electron chi connectivity index (χ0n) is 32.4. The van der Waals surface area contributed by atoms with E-state index in [1.54, 1.807) is 66.7 Å². The Bertz CT molecular complexity index is 2430. The number of hydrogen-bond donors (Lipinski definition) is 5. The van der Waals surface area contributed by atoms with Crippen LogP contribution in [0.5, 0.6) is 5.75 Å². The van der Waals surface area contributed by atoms with Gasteiger partial charge in [0.15, 0.2) is 6.61 Å². The maximum absolute atomic E-state index is 13.5. The first kappa shape index (κ1) is 39.5. The molecule has 1 unspecified atom stereocenters. The average molecular weight is 812 g/mol. The minimum Gasteiger partial charge on any atom is -0.482 e. The van der Waals surface area contributed by atoms with E-state index in [1.165, 1.54) is 6.07 Å². The molecule has 0 bridgehead atoms. The van der Waals surface area contributed by atoms with Gasteiger partial charge in [-0.05, 0) is 104 Å². The maximum atomic E-state index is 13.5. The minimum absolute atomic E-state index is 0.0418. The van der Waals surface area contributed by atoms with Gasteiger partial charge in [0.25, 0.3) is 35.4 Å². The summed E-state index contributed by atoms with van der Waals surface area (Å²) in [6.07, 6.45) is 3.20. The first-order valence-corrected chi connectivity index (χ1v) is 19.8. The Hall–Kier alpha value is -7.36. The summed E-state index contributed by atoms with van der Waals surface area (Å²) >= 11 is 0. The molecule has 3 aliphatic heterocycles. The van der Waals surface area contributed by atoms with E-state index in [-0.39, 0.29) is 60.2 Å². The number of carbonyl (C=O) groups is 8. The number of piperidine rings is 1. The molecule has 306 valence electrons. The van der Waals surface area contributed by atoms with Crippen molar-refractivity contribution in [3.63, 3.8) is 0 Å². The second kappa shape index (κ2) is 16.9. The predicted octanol–water partition coefficient (Wildman–Crippen LogP) is 4.10. The molecule has 60 heavy (non-hydrogen) atoms. The summed E-state index contributed by atoms with van der Waals surface area (Å²) in [4.78, 5) is 104. The van der Waals surface area contributed by atoms with Gasteiger partial charge in [-0.15, -0.1) is 0 Å². The summed E-state index contributed by atoms with van der Waals surface area (Å²) < 4.78 is 5.49. The summed E-state index contributed by atoms with van der Waals surface area (Å²) in [5.41, 5.74) is 4.09. The van der Waals surface area contributed by atoms with Gasteiger partial charge < -0.3 is 30.9 Å². The highest BCUT2D eigenvalue weighted by atomic mass is 16.5. The van der Waals surface area contributed by atoms with E-state index in [0.29, 0.717) is 72.0 Å². The summed E-state index contributed by atoms with van der Waals surface area (Å²) in [6.45, 7) is 1.12. The SMILES string of the molecule is O=C1CCC(N2C(=O)c3cccc(NCCCCNC(=O)c4ccc(NC(=O)c5ccc(CN(C(=O)c6ccc7c(c6)OCC(=O)N7)C6CC6)cc5)cc4)c3C2=O)C(=O)N1. The Morgan fingerprint density at radius 1 is 0.750 bits per heavy atom. The van der Waals surface area contributed by atoms with Crippen LogP contribution in [-0.4, -0.2) is 88.8 Å². The minimum atomic E-state index is -1.04. The Kier molecular flexibility index (Phi) is 11.1. The third-order valence-corrected chi connectivity index (χ3v) is 10.8. The van der Waals surface area contributed by atoms with Crippen molar-refractivity contribution in [2.45, 2.75) is 57.2 Å². The molecule has 4 aromatic carbocycles. The molecule has 5 N–H and O–H groups in total. The van der Waals surface area contributed by atoms with E-state index in [9.17, 15) is 38.4 Å². The number of amides is 8. The highest BCUT2D eigenvalue weighted by Crippen LogP contribution is 2.34. The first-order chi connectivity index (χ1) is 29.0. The molecular weight excluding hydrogens is 771 g/mol. The van der Waals surface area contributed by atoms with Crippen molar-refractivity contribution in [1.82, 2.24) is 20.4 Å². The van der Waals surface area contributed by atoms with Crippen LogP contribution in [0.3, 0.4) is 0 Å². The molecular formula is C44H41N7O9. The topological polar surface area (TPSA) is 212 Å². The van der Waals surface area contributed by atoms with Crippen molar-refractivity contribution < 1.29 is 43.1 Å². The van der Waals surface area contributed by atoms with Gasteiger partial charge in [0.05, 0.1) is 16.8 Å². The van der Waals surface area contributed by atoms with E-state index in [2.05, 4.69) is 26.6 Å². The maximum Gasteiger partial charge on any atom is 0.264 e. The van der Waals surface area contributed by atoms with Crippen LogP contribution >= 0.6 is 0 Å². The van der Waals surface area contributed by atoms with Crippen molar-refractivity contribution >= 4 is 64.3 Å². The number of rotatable bonds is 14. The van der Waals surface area contributed by atoms with Crippen LogP contribution in [0, 0.1) is 0 Å². The van der Waals surface area contributed by atoms with Gasteiger partial charge in [0.2, 0.25) is 11.8 Å². The molecule has 1 saturated heterocycles. The third kappa shape index (κ3) is 8.43. The van der Waals surface area contributed by atoms with Gasteiger partial charge >= 0.3 is 0 Å². The number of nitrogens with zero attached hydrogens (tertiary/aromatic N) is 2. The molecule has 4 aliphatic rings. The fourth-order valence-corrected chi connectivity index (χ4v) is 7.43. The second-order valence-electron chi connectivity index (χ2n) is 15.0. The van der Waals surface area contributed by atoms with Crippen LogP contribution < -0.4 is 31.3 Å². The number of nitrogens with one attached hydrogen (secondary N) is 5. The molecule has 1 aliphatic carbocycles. The molecule has 0 radical (unpaired) electrons. The summed E-state index contributed by atoms with van der Waals surface area (Å²) in [5, 5.41) is 13.9. The molecule has 0 spiro atoms. The fourth-order valence-electron chi connectivity index (χ4n) is 7.43. The highest BCUT2D eigenvalue weighted by molar-refractivity contribution is 6.25. The Morgan fingerprint density at radius 3 is 2.22 bits per heavy atom. The van der Waals surface area contributed by atoms with Crippen LogP contribution in [0.1, 0.15) is 95.9 Å². The van der Waals surface area contributed by atoms with E-state index < -0.39 is 29.7 Å². The summed E-state index contributed by atoms with van der Waals surface area (Å²) in [7, 11) is 0. The molecule has 2 fully saturated rings. The van der Waals surface area contributed by atoms with Crippen LogP contribution in [0.15, 0.2) is 84.9 Å². The number of hydrogen-bond acceptors (Lipinski definition) is 10. The normalized spacial score (nSPS) is 16.8. The number of imide groups is 2. The number of fused-ring (bicyclic) bond motifs is 2. The molecule has 3 heterocycles. The lowest BCUT2D eigenvalue weighted by molar-refractivity contribution is -0.136. The number of benzene rings is 4. The van der Waals surface area contributed by atoms with Crippen molar-refractivity contribution in [3.05, 3.63) is 118 Å². The van der Waals surface area contributed by atoms with Crippen LogP contribution in [-0.2, 0) is 20.9 Å². The van der Waals surface area contributed by atoms with Gasteiger partial charge in [0, 0.05) is 60.2 Å². The van der Waals surface area contributed by atoms with Crippen molar-refractivity contribution in [3.8, 4) is 5.75 Å². The summed E-state index contributed by atoms with van der Waals surface area (Å²) in [5.74, 6) is -2.77. The highest BCUT2D eigenvalue weighted by Gasteiger charge is 2.45. The molecule has 1 atom stereocenters. The van der Waals surface area contributed by atoms with Crippen molar-refractivity contribution in [1.29, 1.82) is 0 Å². The zero-order chi connectivity index (χ0) is 41.9. The number of carbonyl (C=O) groups excluding carboxylic acids is 8. The Labute approximate surface area is 344 Å². The average Bonchev–Trinajstić information content (AvgIpc) is 4.06. The molecule has 1 saturated carbocycles. The van der Waals surface area contributed by atoms with E-state index in [0.717, 1.165) is 23.3 Å². The van der Waals surface area contributed by atoms with Crippen molar-refractivity contribution in [2.24, 2.45) is 0 Å². The van der Waals surface area contributed by atoms with Gasteiger partial charge in [-0.25, -0.2) is 0 Å². The lowest BCUT2D eigenvalue weighted by Gasteiger charge is -2.27. The van der Waals surface area contributed by atoms with Gasteiger partial charge in [-0.3, -0.25) is 48.6 Å². The third-order valence-electron chi connectivity index (χ3n) is 10.8. The Morgan fingerprint density at radius 2 is 1.47 bits per heavy atom. The van der Waals surface area contributed by atoms with E-state index in [4.69, 9.17) is 4.74 Å². The molecule has 16 nitrogen and oxygen atoms in total. The molecule has 16 heteroatoms. The van der Waals surface area contributed by atoms with Gasteiger partial charge in [-0.1, -0.05) is 18.2 Å². The zero-order valence-corrected chi connectivity index (χ0v) is 32.4. The smallest absolute Gasteiger partial charge is 0.264 e. The fraction of sp³-hybridized carbons (Fsp3) is 0.273. The van der Waals surface area contributed by atoms with Crippen LogP contribution in [0.2, 0.25) is 0 Å². The molecule has 4 aromatic rings. The quantitative estimate of drug-likeness (QED) is 0.0909. The largest absolute Gasteiger partial charge is 0.482 e. The van der Waals surface area contributed by atoms with Gasteiger partial charge in [-0.2, -0.15) is 0 Å². The standard InChI is InChI=1S/C44H41N7O9/c52-36-19-18-34(41(56)49-36)51-43(58)31-4-3-5-33(38(31)44(51)59)45-20-1-2-21-46-39(54)26-10-13-29(14-11-26)47-40(55)27-8-6-25(7-9-27)23-50(30-15-16-30)42(57)28-12-17-32-35(22-28)60-24-37(53)48-32/h3-14,17,22,30,34,45H,1-2,15-16,18-21,23-24H2,(H,46,54)(H,47,55)(H,48,53)(H,49,52,56). The molecule has 0 aromatic heterocycles. The molecule has 8 amide bonds. The monoisotopic (exact) mass is 811 g/mol. The van der Waals surface area contributed by atoms with Crippen molar-refractivity contribution in [2.75, 3.05) is 35.6 Å². The molecule has 8 rings (SSSR count). The number of unbranched alkanes of at least 4 members (excludes halogenated alkanes) is 1. The number of anilines is 3. The van der Waals surface area contributed by atoms with E-state index in [1.807, 2.05) is 17.0 Å². The number of ether oxygens (including phenoxy) is 1. The lowest BCUT2D eigenvalue weighted by atomic mass is 10.0. The van der Waals surface area contributed by atoms with Crippen LogP contribution in [0.4, 0.5) is 17.1 Å². The lowest BCUT2D eigenvalue weighted by Crippen LogP contribution is -2.54. The second-order valence-corrected chi connectivity index (χ2v) is 15.0. The van der Waals surface area contributed by atoms with Gasteiger partial charge in [0.1, 0.15) is 11.8 Å². The van der Waals surface area contributed by atoms with E-state index >= 15 is 0 Å².